The molecule has 0 atom stereocenters. The molecule has 164 valence electrons. The first-order valence-electron chi connectivity index (χ1n) is 10.3. The molecule has 2 aromatic carbocycles. The van der Waals surface area contributed by atoms with Crippen molar-refractivity contribution < 1.29 is 4.79 Å². The van der Waals surface area contributed by atoms with Gasteiger partial charge in [-0.05, 0) is 82.2 Å². The van der Waals surface area contributed by atoms with Crippen molar-refractivity contribution in [2.24, 2.45) is 0 Å². The SMILES string of the molecule is Cc1cc(C)c2[nH]c(=O)c(CN(CCCN(C)C)C(=O)Nc3cccc(Cl)c3)cc2c1. The van der Waals surface area contributed by atoms with Gasteiger partial charge in [-0.15, -0.1) is 0 Å². The average Bonchev–Trinajstić information content (AvgIpc) is 2.68. The Morgan fingerprint density at radius 2 is 1.87 bits per heavy atom. The van der Waals surface area contributed by atoms with Gasteiger partial charge in [-0.3, -0.25) is 4.79 Å². The Hall–Kier alpha value is -2.83. The van der Waals surface area contributed by atoms with E-state index in [4.69, 9.17) is 11.6 Å². The molecule has 0 spiro atoms. The van der Waals surface area contributed by atoms with Gasteiger partial charge in [0.15, 0.2) is 0 Å². The number of rotatable bonds is 7. The Balaban J connectivity index is 1.87. The fourth-order valence-corrected chi connectivity index (χ4v) is 3.84. The van der Waals surface area contributed by atoms with E-state index in [1.165, 1.54) is 0 Å². The maximum Gasteiger partial charge on any atom is 0.322 e. The van der Waals surface area contributed by atoms with Crippen LogP contribution < -0.4 is 10.9 Å². The fraction of sp³-hybridized carbons (Fsp3) is 0.333. The molecule has 7 heteroatoms. The first-order chi connectivity index (χ1) is 14.7. The molecule has 0 saturated carbocycles. The number of urea groups is 1. The van der Waals surface area contributed by atoms with Gasteiger partial charge in [0, 0.05) is 22.8 Å². The molecule has 2 N–H and O–H groups in total. The zero-order valence-electron chi connectivity index (χ0n) is 18.5. The van der Waals surface area contributed by atoms with E-state index in [0.717, 1.165) is 35.0 Å². The Kier molecular flexibility index (Phi) is 7.36. The number of nitrogens with one attached hydrogen (secondary N) is 2. The third kappa shape index (κ3) is 6.09. The van der Waals surface area contributed by atoms with Crippen LogP contribution in [-0.2, 0) is 6.54 Å². The van der Waals surface area contributed by atoms with Crippen molar-refractivity contribution in [1.82, 2.24) is 14.8 Å². The van der Waals surface area contributed by atoms with Crippen molar-refractivity contribution in [2.45, 2.75) is 26.8 Å². The molecule has 0 saturated heterocycles. The molecule has 0 aliphatic heterocycles. The van der Waals surface area contributed by atoms with Crippen molar-refractivity contribution in [3.63, 3.8) is 0 Å². The third-order valence-corrected chi connectivity index (χ3v) is 5.36. The number of carbonyl (C=O) groups excluding carboxylic acids is 1. The molecule has 0 bridgehead atoms. The maximum atomic E-state index is 13.0. The molecule has 1 heterocycles. The normalized spacial score (nSPS) is 11.2. The lowest BCUT2D eigenvalue weighted by molar-refractivity contribution is 0.205. The van der Waals surface area contributed by atoms with Crippen molar-refractivity contribution in [3.05, 3.63) is 74.5 Å². The van der Waals surface area contributed by atoms with Gasteiger partial charge < -0.3 is 20.1 Å². The molecule has 2 amide bonds. The van der Waals surface area contributed by atoms with Crippen molar-refractivity contribution in [1.29, 1.82) is 0 Å². The van der Waals surface area contributed by atoms with E-state index in [1.54, 1.807) is 29.2 Å². The van der Waals surface area contributed by atoms with Crippen LogP contribution >= 0.6 is 11.6 Å². The van der Waals surface area contributed by atoms with Crippen LogP contribution in [0.2, 0.25) is 5.02 Å². The van der Waals surface area contributed by atoms with E-state index in [1.807, 2.05) is 46.1 Å². The summed E-state index contributed by atoms with van der Waals surface area (Å²) >= 11 is 6.04. The first-order valence-corrected chi connectivity index (χ1v) is 10.7. The van der Waals surface area contributed by atoms with Gasteiger partial charge in [-0.25, -0.2) is 4.79 Å². The van der Waals surface area contributed by atoms with Crippen LogP contribution in [0.5, 0.6) is 0 Å². The molecule has 31 heavy (non-hydrogen) atoms. The van der Waals surface area contributed by atoms with Gasteiger partial charge in [-0.1, -0.05) is 29.3 Å². The molecule has 0 fully saturated rings. The van der Waals surface area contributed by atoms with Gasteiger partial charge in [-0.2, -0.15) is 0 Å². The second-order valence-electron chi connectivity index (χ2n) is 8.19. The Morgan fingerprint density at radius 1 is 1.10 bits per heavy atom. The summed E-state index contributed by atoms with van der Waals surface area (Å²) in [6.07, 6.45) is 0.791. The number of carbonyl (C=O) groups is 1. The molecule has 0 aliphatic rings. The zero-order chi connectivity index (χ0) is 22.5. The minimum absolute atomic E-state index is 0.174. The lowest BCUT2D eigenvalue weighted by Crippen LogP contribution is -2.37. The molecule has 3 rings (SSSR count). The number of H-pyrrole nitrogens is 1. The number of halogens is 1. The number of benzene rings is 2. The van der Waals surface area contributed by atoms with E-state index >= 15 is 0 Å². The maximum absolute atomic E-state index is 13.0. The molecule has 0 aliphatic carbocycles. The van der Waals surface area contributed by atoms with Crippen LogP contribution in [0.25, 0.3) is 10.9 Å². The second-order valence-corrected chi connectivity index (χ2v) is 8.63. The number of pyridine rings is 1. The quantitative estimate of drug-likeness (QED) is 0.555. The number of hydrogen-bond acceptors (Lipinski definition) is 3. The van der Waals surface area contributed by atoms with Crippen LogP contribution in [0.1, 0.15) is 23.1 Å². The minimum Gasteiger partial charge on any atom is -0.321 e. The lowest BCUT2D eigenvalue weighted by atomic mass is 10.1. The summed E-state index contributed by atoms with van der Waals surface area (Å²) < 4.78 is 0. The highest BCUT2D eigenvalue weighted by Crippen LogP contribution is 2.19. The summed E-state index contributed by atoms with van der Waals surface area (Å²) in [5.41, 5.74) is 4.00. The van der Waals surface area contributed by atoms with Crippen LogP contribution in [0.4, 0.5) is 10.5 Å². The Morgan fingerprint density at radius 3 is 2.58 bits per heavy atom. The summed E-state index contributed by atoms with van der Waals surface area (Å²) in [4.78, 5) is 32.5. The van der Waals surface area contributed by atoms with Gasteiger partial charge in [0.25, 0.3) is 5.56 Å². The summed E-state index contributed by atoms with van der Waals surface area (Å²) in [6.45, 7) is 5.60. The molecule has 6 nitrogen and oxygen atoms in total. The molecule has 3 aromatic rings. The van der Waals surface area contributed by atoms with E-state index in [2.05, 4.69) is 15.2 Å². The zero-order valence-corrected chi connectivity index (χ0v) is 19.2. The molecule has 1 aromatic heterocycles. The molecule has 0 radical (unpaired) electrons. The minimum atomic E-state index is -0.263. The van der Waals surface area contributed by atoms with Crippen molar-refractivity contribution in [2.75, 3.05) is 32.5 Å². The number of anilines is 1. The number of aromatic nitrogens is 1. The van der Waals surface area contributed by atoms with E-state index < -0.39 is 0 Å². The van der Waals surface area contributed by atoms with Crippen molar-refractivity contribution >= 4 is 34.2 Å². The number of aromatic amines is 1. The highest BCUT2D eigenvalue weighted by atomic mass is 35.5. The molecule has 0 unspecified atom stereocenters. The number of nitrogens with zero attached hydrogens (tertiary/aromatic N) is 2. The first kappa shape index (κ1) is 22.8. The number of aryl methyl sites for hydroxylation is 2. The summed E-state index contributed by atoms with van der Waals surface area (Å²) in [5, 5.41) is 4.41. The predicted molar refractivity (Wildman–Crippen MR) is 128 cm³/mol. The van der Waals surface area contributed by atoms with Gasteiger partial charge in [0.1, 0.15) is 0 Å². The highest BCUT2D eigenvalue weighted by molar-refractivity contribution is 6.30. The second kappa shape index (κ2) is 9.98. The van der Waals surface area contributed by atoms with Crippen molar-refractivity contribution in [3.8, 4) is 0 Å². The van der Waals surface area contributed by atoms with Gasteiger partial charge in [0.2, 0.25) is 0 Å². The van der Waals surface area contributed by atoms with E-state index in [-0.39, 0.29) is 18.1 Å². The lowest BCUT2D eigenvalue weighted by Gasteiger charge is -2.24. The van der Waals surface area contributed by atoms with Crippen LogP contribution in [0, 0.1) is 13.8 Å². The van der Waals surface area contributed by atoms with E-state index in [0.29, 0.717) is 22.8 Å². The molecular formula is C24H29ClN4O2. The van der Waals surface area contributed by atoms with Crippen LogP contribution in [-0.4, -0.2) is 48.0 Å². The standard InChI is InChI=1S/C24H29ClN4O2/c1-16-11-17(2)22-18(12-16)13-19(23(30)27-22)15-29(10-6-9-28(3)4)24(31)26-21-8-5-7-20(25)14-21/h5,7-8,11-14H,6,9-10,15H2,1-4H3,(H,26,31)(H,27,30). The Bertz CT molecular complexity index is 1140. The summed E-state index contributed by atoms with van der Waals surface area (Å²) in [7, 11) is 3.99. The third-order valence-electron chi connectivity index (χ3n) is 5.13. The fourth-order valence-electron chi connectivity index (χ4n) is 3.65. The van der Waals surface area contributed by atoms with Crippen LogP contribution in [0.15, 0.2) is 47.3 Å². The number of amides is 2. The van der Waals surface area contributed by atoms with Crippen LogP contribution in [0.3, 0.4) is 0 Å². The summed E-state index contributed by atoms with van der Waals surface area (Å²) in [6, 6.07) is 12.7. The smallest absolute Gasteiger partial charge is 0.321 e. The number of hydrogen-bond donors (Lipinski definition) is 2. The average molecular weight is 441 g/mol. The highest BCUT2D eigenvalue weighted by Gasteiger charge is 2.17. The Labute approximate surface area is 187 Å². The van der Waals surface area contributed by atoms with Gasteiger partial charge in [0.05, 0.1) is 12.1 Å². The topological polar surface area (TPSA) is 68.4 Å². The van der Waals surface area contributed by atoms with Gasteiger partial charge >= 0.3 is 6.03 Å². The summed E-state index contributed by atoms with van der Waals surface area (Å²) in [5.74, 6) is 0. The monoisotopic (exact) mass is 440 g/mol. The predicted octanol–water partition coefficient (Wildman–Crippen LogP) is 4.78. The number of fused-ring (bicyclic) bond motifs is 1. The molecular weight excluding hydrogens is 412 g/mol. The van der Waals surface area contributed by atoms with E-state index in [9.17, 15) is 9.59 Å². The largest absolute Gasteiger partial charge is 0.322 e.